The standard InChI is InChI=1S/C25H31N3O5/c1-25(2,3)23-9-15-8-18(16(12-26)13-27-6-5-7-29)22(33-4)10-17(15)20-11-21(30)19(24(31)32)14-28(20)23/h8,10-14,23,26-27,29H,5-7,9H2,1-4H3,(H,31,32)/b16-13+,26-12?. The third-order valence-electron chi connectivity index (χ3n) is 5.96. The van der Waals surface area contributed by atoms with E-state index in [9.17, 15) is 14.7 Å². The number of pyridine rings is 1. The number of rotatable bonds is 8. The Morgan fingerprint density at radius 1 is 1.30 bits per heavy atom. The molecule has 0 spiro atoms. The van der Waals surface area contributed by atoms with E-state index in [4.69, 9.17) is 15.3 Å². The zero-order chi connectivity index (χ0) is 24.3. The number of nitrogens with zero attached hydrogens (tertiary/aromatic N) is 1. The van der Waals surface area contributed by atoms with Crippen LogP contribution in [0.25, 0.3) is 16.8 Å². The number of allylic oxidation sites excluding steroid dienone is 1. The van der Waals surface area contributed by atoms with Crippen LogP contribution >= 0.6 is 0 Å². The van der Waals surface area contributed by atoms with Gasteiger partial charge >= 0.3 is 5.97 Å². The molecule has 1 aliphatic heterocycles. The second-order valence-electron chi connectivity index (χ2n) is 9.22. The van der Waals surface area contributed by atoms with Crippen LogP contribution in [0, 0.1) is 10.8 Å². The highest BCUT2D eigenvalue weighted by Gasteiger charge is 2.34. The van der Waals surface area contributed by atoms with Crippen LogP contribution in [0.5, 0.6) is 5.75 Å². The topological polar surface area (TPSA) is 125 Å². The Labute approximate surface area is 193 Å². The van der Waals surface area contributed by atoms with Gasteiger partial charge in [-0.1, -0.05) is 20.8 Å². The molecule has 0 amide bonds. The van der Waals surface area contributed by atoms with Crippen molar-refractivity contribution >= 4 is 17.8 Å². The van der Waals surface area contributed by atoms with Crippen molar-refractivity contribution in [3.05, 3.63) is 57.5 Å². The number of carboxylic acids is 1. The van der Waals surface area contributed by atoms with Gasteiger partial charge < -0.3 is 30.2 Å². The van der Waals surface area contributed by atoms with E-state index in [1.165, 1.54) is 18.5 Å². The molecule has 0 fully saturated rings. The summed E-state index contributed by atoms with van der Waals surface area (Å²) in [5, 5.41) is 29.5. The predicted octanol–water partition coefficient (Wildman–Crippen LogP) is 3.33. The molecule has 0 bridgehead atoms. The van der Waals surface area contributed by atoms with Crippen LogP contribution in [0.15, 0.2) is 35.4 Å². The van der Waals surface area contributed by atoms with Crippen molar-refractivity contribution in [1.29, 1.82) is 5.41 Å². The average Bonchev–Trinajstić information content (AvgIpc) is 2.76. The Kier molecular flexibility index (Phi) is 7.07. The molecule has 4 N–H and O–H groups in total. The molecule has 33 heavy (non-hydrogen) atoms. The van der Waals surface area contributed by atoms with E-state index in [1.54, 1.807) is 13.3 Å². The number of carbonyl (C=O) groups is 1. The molecule has 176 valence electrons. The molecule has 2 aromatic rings. The monoisotopic (exact) mass is 453 g/mol. The number of methoxy groups -OCH3 is 1. The molecule has 2 heterocycles. The van der Waals surface area contributed by atoms with E-state index >= 15 is 0 Å². The highest BCUT2D eigenvalue weighted by atomic mass is 16.5. The Hall–Kier alpha value is -3.39. The number of benzene rings is 1. The molecule has 8 heteroatoms. The van der Waals surface area contributed by atoms with Crippen molar-refractivity contribution in [2.24, 2.45) is 5.41 Å². The number of aromatic carboxylic acids is 1. The van der Waals surface area contributed by atoms with Gasteiger partial charge in [-0.25, -0.2) is 4.79 Å². The smallest absolute Gasteiger partial charge is 0.341 e. The van der Waals surface area contributed by atoms with Crippen LogP contribution in [-0.2, 0) is 6.42 Å². The van der Waals surface area contributed by atoms with Crippen LogP contribution < -0.4 is 15.5 Å². The first-order valence-electron chi connectivity index (χ1n) is 10.9. The van der Waals surface area contributed by atoms with Crippen molar-refractivity contribution in [1.82, 2.24) is 9.88 Å². The van der Waals surface area contributed by atoms with Gasteiger partial charge in [0.25, 0.3) is 0 Å². The van der Waals surface area contributed by atoms with E-state index in [0.29, 0.717) is 36.4 Å². The first-order chi connectivity index (χ1) is 15.6. The number of nitrogens with one attached hydrogen (secondary N) is 2. The Morgan fingerprint density at radius 2 is 2.03 bits per heavy atom. The number of fused-ring (bicyclic) bond motifs is 3. The van der Waals surface area contributed by atoms with Crippen LogP contribution in [0.1, 0.15) is 54.7 Å². The summed E-state index contributed by atoms with van der Waals surface area (Å²) >= 11 is 0. The minimum Gasteiger partial charge on any atom is -0.496 e. The second kappa shape index (κ2) is 9.62. The average molecular weight is 454 g/mol. The molecular weight excluding hydrogens is 422 g/mol. The first-order valence-corrected chi connectivity index (χ1v) is 10.9. The maximum atomic E-state index is 12.6. The number of carboxylic acid groups (broad SMARTS) is 1. The summed E-state index contributed by atoms with van der Waals surface area (Å²) in [7, 11) is 1.55. The lowest BCUT2D eigenvalue weighted by Crippen LogP contribution is -2.32. The fourth-order valence-corrected chi connectivity index (χ4v) is 4.20. The minimum atomic E-state index is -1.24. The molecule has 0 saturated heterocycles. The van der Waals surface area contributed by atoms with Gasteiger partial charge in [-0.15, -0.1) is 0 Å². The SMILES string of the molecule is COc1cc2c(cc1/C(C=N)=C/NCCCO)CC(C(C)(C)C)n1cc(C(=O)O)c(=O)cc1-2. The van der Waals surface area contributed by atoms with E-state index in [0.717, 1.165) is 16.7 Å². The summed E-state index contributed by atoms with van der Waals surface area (Å²) in [6, 6.07) is 5.15. The molecule has 8 nitrogen and oxygen atoms in total. The van der Waals surface area contributed by atoms with Crippen molar-refractivity contribution < 1.29 is 19.7 Å². The van der Waals surface area contributed by atoms with Gasteiger partial charge in [0.15, 0.2) is 5.43 Å². The van der Waals surface area contributed by atoms with Crippen molar-refractivity contribution in [2.75, 3.05) is 20.3 Å². The molecule has 1 aromatic carbocycles. The Balaban J connectivity index is 2.22. The molecule has 1 unspecified atom stereocenters. The van der Waals surface area contributed by atoms with Crippen molar-refractivity contribution in [3.8, 4) is 17.0 Å². The Morgan fingerprint density at radius 3 is 2.61 bits per heavy atom. The van der Waals surface area contributed by atoms with E-state index in [1.807, 2.05) is 16.7 Å². The molecule has 3 rings (SSSR count). The van der Waals surface area contributed by atoms with Gasteiger partial charge in [0.1, 0.15) is 11.3 Å². The zero-order valence-electron chi connectivity index (χ0n) is 19.4. The number of hydrogen-bond acceptors (Lipinski definition) is 6. The van der Waals surface area contributed by atoms with E-state index in [-0.39, 0.29) is 23.6 Å². The van der Waals surface area contributed by atoms with Gasteiger partial charge in [0.2, 0.25) is 0 Å². The molecule has 1 aliphatic rings. The highest BCUT2D eigenvalue weighted by molar-refractivity contribution is 6.09. The fourth-order valence-electron chi connectivity index (χ4n) is 4.20. The van der Waals surface area contributed by atoms with Gasteiger partial charge in [-0.05, 0) is 36.0 Å². The maximum Gasteiger partial charge on any atom is 0.341 e. The molecule has 0 radical (unpaired) electrons. The normalized spacial score (nSPS) is 15.4. The Bertz CT molecular complexity index is 1160. The van der Waals surface area contributed by atoms with Gasteiger partial charge in [-0.2, -0.15) is 0 Å². The minimum absolute atomic E-state index is 0.0740. The number of hydrogen-bond donors (Lipinski definition) is 4. The first kappa shape index (κ1) is 24.3. The van der Waals surface area contributed by atoms with Gasteiger partial charge in [0.05, 0.1) is 12.8 Å². The lowest BCUT2D eigenvalue weighted by Gasteiger charge is -2.39. The summed E-state index contributed by atoms with van der Waals surface area (Å²) in [5.41, 5.74) is 2.84. The van der Waals surface area contributed by atoms with Gasteiger partial charge in [-0.3, -0.25) is 4.79 Å². The van der Waals surface area contributed by atoms with E-state index in [2.05, 4.69) is 26.1 Å². The lowest BCUT2D eigenvalue weighted by atomic mass is 9.78. The number of aliphatic hydroxyl groups is 1. The number of ether oxygens (including phenoxy) is 1. The lowest BCUT2D eigenvalue weighted by molar-refractivity contribution is 0.0693. The third-order valence-corrected chi connectivity index (χ3v) is 5.96. The fraction of sp³-hybridized carbons (Fsp3) is 0.400. The van der Waals surface area contributed by atoms with E-state index < -0.39 is 11.4 Å². The largest absolute Gasteiger partial charge is 0.496 e. The van der Waals surface area contributed by atoms with Crippen molar-refractivity contribution in [2.45, 2.75) is 39.7 Å². The zero-order valence-corrected chi connectivity index (χ0v) is 19.4. The predicted molar refractivity (Wildman–Crippen MR) is 128 cm³/mol. The van der Waals surface area contributed by atoms with Gasteiger partial charge in [0, 0.05) is 60.6 Å². The number of aliphatic hydroxyl groups excluding tert-OH is 1. The third kappa shape index (κ3) is 4.85. The molecule has 0 saturated carbocycles. The summed E-state index contributed by atoms with van der Waals surface area (Å²) in [6.45, 7) is 6.92. The molecule has 0 aliphatic carbocycles. The van der Waals surface area contributed by atoms with Crippen LogP contribution in [0.3, 0.4) is 0 Å². The highest BCUT2D eigenvalue weighted by Crippen LogP contribution is 2.44. The second-order valence-corrected chi connectivity index (χ2v) is 9.22. The van der Waals surface area contributed by atoms with Crippen LogP contribution in [0.2, 0.25) is 0 Å². The molecule has 1 aromatic heterocycles. The maximum absolute atomic E-state index is 12.6. The quantitative estimate of drug-likeness (QED) is 0.359. The van der Waals surface area contributed by atoms with Crippen molar-refractivity contribution in [3.63, 3.8) is 0 Å². The summed E-state index contributed by atoms with van der Waals surface area (Å²) < 4.78 is 7.53. The van der Waals surface area contributed by atoms with Crippen LogP contribution in [0.4, 0.5) is 0 Å². The summed E-state index contributed by atoms with van der Waals surface area (Å²) in [4.78, 5) is 24.2. The molecule has 1 atom stereocenters. The van der Waals surface area contributed by atoms with Crippen LogP contribution in [-0.4, -0.2) is 47.2 Å². The summed E-state index contributed by atoms with van der Waals surface area (Å²) in [5.74, 6) is -0.695. The molecular formula is C25H31N3O5. The summed E-state index contributed by atoms with van der Waals surface area (Å²) in [6.07, 6.45) is 5.66. The number of aromatic nitrogens is 1.